The Morgan fingerprint density at radius 2 is 1.73 bits per heavy atom. The maximum absolute atomic E-state index is 13.6. The smallest absolute Gasteiger partial charge is 0.409 e. The Morgan fingerprint density at radius 3 is 2.33 bits per heavy atom. The van der Waals surface area contributed by atoms with Gasteiger partial charge in [0.15, 0.2) is 0 Å². The number of carboxylic acid groups (broad SMARTS) is 1. The van der Waals surface area contributed by atoms with Crippen LogP contribution in [0.25, 0.3) is 0 Å². The monoisotopic (exact) mass is 600 g/mol. The number of ether oxygens (including phenoxy) is 2. The maximum atomic E-state index is 13.6. The molecule has 2 saturated heterocycles. The molecule has 0 aromatic heterocycles. The Bertz CT molecular complexity index is 1100. The molecule has 3 amide bonds. The summed E-state index contributed by atoms with van der Waals surface area (Å²) in [6.07, 6.45) is 0.828. The highest BCUT2D eigenvalue weighted by atomic mass is 35.5. The minimum atomic E-state index is -1.40. The Balaban J connectivity index is 1.81. The van der Waals surface area contributed by atoms with Gasteiger partial charge in [0.25, 0.3) is 0 Å². The van der Waals surface area contributed by atoms with Crippen LogP contribution in [0.5, 0.6) is 0 Å². The van der Waals surface area contributed by atoms with E-state index in [1.165, 1.54) is 12.0 Å². The molecule has 2 unspecified atom stereocenters. The van der Waals surface area contributed by atoms with Gasteiger partial charge in [-0.2, -0.15) is 0 Å². The second-order valence-electron chi connectivity index (χ2n) is 9.89. The number of hydrogen-bond donors (Lipinski definition) is 2. The first-order chi connectivity index (χ1) is 19.0. The van der Waals surface area contributed by atoms with E-state index in [0.717, 1.165) is 32.9 Å². The summed E-state index contributed by atoms with van der Waals surface area (Å²) in [5.41, 5.74) is 0.671. The molecule has 14 heteroatoms. The lowest BCUT2D eigenvalue weighted by Crippen LogP contribution is -2.65. The zero-order valence-electron chi connectivity index (χ0n) is 22.4. The molecule has 2 heterocycles. The van der Waals surface area contributed by atoms with Crippen molar-refractivity contribution in [2.24, 2.45) is 0 Å². The molecule has 0 radical (unpaired) electrons. The number of carbonyl (C=O) groups excluding carboxylic acids is 4. The fourth-order valence-corrected chi connectivity index (χ4v) is 5.30. The van der Waals surface area contributed by atoms with E-state index in [9.17, 15) is 24.0 Å². The quantitative estimate of drug-likeness (QED) is 0.384. The molecule has 3 atom stereocenters. The summed E-state index contributed by atoms with van der Waals surface area (Å²) in [6, 6.07) is 2.45. The number of halogens is 2. The van der Waals surface area contributed by atoms with E-state index in [-0.39, 0.29) is 38.1 Å². The first kappa shape index (κ1) is 31.4. The van der Waals surface area contributed by atoms with Crippen LogP contribution in [0.3, 0.4) is 0 Å². The van der Waals surface area contributed by atoms with Crippen molar-refractivity contribution in [2.75, 3.05) is 46.4 Å². The molecular formula is C26H34Cl2N4O8. The predicted octanol–water partition coefficient (Wildman–Crippen LogP) is 1.80. The summed E-state index contributed by atoms with van der Waals surface area (Å²) in [6.45, 7) is 3.33. The number of likely N-dealkylation sites (tertiary alicyclic amines) is 1. The molecule has 2 N–H and O–H groups in total. The minimum Gasteiger partial charge on any atom is -0.481 e. The molecule has 2 aliphatic heterocycles. The molecule has 40 heavy (non-hydrogen) atoms. The van der Waals surface area contributed by atoms with Crippen molar-refractivity contribution < 1.29 is 38.6 Å². The number of amides is 3. The number of nitrogens with zero attached hydrogens (tertiary/aromatic N) is 3. The molecular weight excluding hydrogens is 567 g/mol. The number of methoxy groups -OCH3 is 1. The van der Waals surface area contributed by atoms with Crippen LogP contribution in [0.4, 0.5) is 4.79 Å². The summed E-state index contributed by atoms with van der Waals surface area (Å²) in [5, 5.41) is 12.1. The minimum absolute atomic E-state index is 0.0430. The predicted molar refractivity (Wildman–Crippen MR) is 145 cm³/mol. The number of esters is 1. The summed E-state index contributed by atoms with van der Waals surface area (Å²) in [7, 11) is 1.24. The third-order valence-corrected chi connectivity index (χ3v) is 7.63. The van der Waals surface area contributed by atoms with Crippen molar-refractivity contribution >= 4 is 53.0 Å². The second-order valence-corrected chi connectivity index (χ2v) is 10.7. The summed E-state index contributed by atoms with van der Waals surface area (Å²) >= 11 is 12.2. The maximum Gasteiger partial charge on any atom is 0.409 e. The van der Waals surface area contributed by atoms with Crippen LogP contribution < -0.4 is 5.32 Å². The molecule has 0 bridgehead atoms. The van der Waals surface area contributed by atoms with Crippen LogP contribution in [0.15, 0.2) is 18.2 Å². The molecule has 2 aliphatic rings. The molecule has 0 saturated carbocycles. The summed E-state index contributed by atoms with van der Waals surface area (Å²) in [4.78, 5) is 67.0. The molecule has 3 rings (SSSR count). The van der Waals surface area contributed by atoms with E-state index in [4.69, 9.17) is 37.8 Å². The van der Waals surface area contributed by atoms with Crippen LogP contribution in [0.2, 0.25) is 10.0 Å². The Hall–Kier alpha value is -3.09. The van der Waals surface area contributed by atoms with Gasteiger partial charge in [0.2, 0.25) is 11.8 Å². The third kappa shape index (κ3) is 8.70. The fourth-order valence-electron chi connectivity index (χ4n) is 4.98. The van der Waals surface area contributed by atoms with Gasteiger partial charge in [0, 0.05) is 26.6 Å². The summed E-state index contributed by atoms with van der Waals surface area (Å²) in [5.74, 6) is -3.06. The van der Waals surface area contributed by atoms with Crippen molar-refractivity contribution in [3.63, 3.8) is 0 Å². The number of carbonyl (C=O) groups is 5. The van der Waals surface area contributed by atoms with Crippen LogP contribution in [-0.2, 0) is 35.1 Å². The van der Waals surface area contributed by atoms with Gasteiger partial charge in [-0.15, -0.1) is 0 Å². The van der Waals surface area contributed by atoms with Crippen molar-refractivity contribution in [1.82, 2.24) is 20.0 Å². The van der Waals surface area contributed by atoms with Crippen molar-refractivity contribution in [1.29, 1.82) is 0 Å². The first-order valence-electron chi connectivity index (χ1n) is 12.9. The number of hydrogen-bond acceptors (Lipinski definition) is 8. The van der Waals surface area contributed by atoms with Crippen molar-refractivity contribution in [3.05, 3.63) is 33.8 Å². The van der Waals surface area contributed by atoms with Crippen molar-refractivity contribution in [3.8, 4) is 0 Å². The van der Waals surface area contributed by atoms with Gasteiger partial charge in [-0.05, 0) is 43.6 Å². The largest absolute Gasteiger partial charge is 0.481 e. The van der Waals surface area contributed by atoms with Gasteiger partial charge < -0.3 is 29.7 Å². The van der Waals surface area contributed by atoms with E-state index in [0.29, 0.717) is 22.2 Å². The van der Waals surface area contributed by atoms with Crippen LogP contribution in [-0.4, -0.2) is 114 Å². The van der Waals surface area contributed by atoms with Gasteiger partial charge in [0.1, 0.15) is 12.6 Å². The highest BCUT2D eigenvalue weighted by Crippen LogP contribution is 2.25. The third-order valence-electron chi connectivity index (χ3n) is 6.89. The van der Waals surface area contributed by atoms with Gasteiger partial charge in [-0.25, -0.2) is 9.59 Å². The van der Waals surface area contributed by atoms with Crippen molar-refractivity contribution in [2.45, 2.75) is 50.7 Å². The number of piperazine rings is 1. The van der Waals surface area contributed by atoms with E-state index in [1.807, 2.05) is 0 Å². The van der Waals surface area contributed by atoms with E-state index >= 15 is 0 Å². The molecule has 220 valence electrons. The molecule has 1 aromatic carbocycles. The first-order valence-corrected chi connectivity index (χ1v) is 13.7. The SMILES string of the molecule is COC(=O)N1CC(CN2CCCC2)N(C(=O)Cc2ccc(Cl)c(Cl)c2)C[C@H]1COC(=O)C(CC(=O)O)NC(C)=O. The van der Waals surface area contributed by atoms with Crippen LogP contribution in [0, 0.1) is 0 Å². The molecule has 12 nitrogen and oxygen atoms in total. The number of aliphatic carboxylic acids is 1. The lowest BCUT2D eigenvalue weighted by atomic mass is 10.0. The lowest BCUT2D eigenvalue weighted by Gasteiger charge is -2.46. The van der Waals surface area contributed by atoms with E-state index in [1.54, 1.807) is 23.1 Å². The number of rotatable bonds is 10. The molecule has 1 aromatic rings. The topological polar surface area (TPSA) is 146 Å². The van der Waals surface area contributed by atoms with Gasteiger partial charge in [0.05, 0.1) is 42.1 Å². The average Bonchev–Trinajstić information content (AvgIpc) is 3.41. The number of nitrogens with one attached hydrogen (secondary N) is 1. The summed E-state index contributed by atoms with van der Waals surface area (Å²) < 4.78 is 10.3. The van der Waals surface area contributed by atoms with Gasteiger partial charge >= 0.3 is 18.0 Å². The zero-order chi connectivity index (χ0) is 29.4. The van der Waals surface area contributed by atoms with Crippen LogP contribution >= 0.6 is 23.2 Å². The van der Waals surface area contributed by atoms with E-state index < -0.39 is 42.4 Å². The van der Waals surface area contributed by atoms with Gasteiger partial charge in [-0.1, -0.05) is 29.3 Å². The zero-order valence-corrected chi connectivity index (χ0v) is 23.9. The normalized spacial score (nSPS) is 20.1. The van der Waals surface area contributed by atoms with Crippen LogP contribution in [0.1, 0.15) is 31.7 Å². The highest BCUT2D eigenvalue weighted by molar-refractivity contribution is 6.42. The molecule has 2 fully saturated rings. The Labute approximate surface area is 242 Å². The van der Waals surface area contributed by atoms with E-state index in [2.05, 4.69) is 10.2 Å². The highest BCUT2D eigenvalue weighted by Gasteiger charge is 2.41. The molecule has 0 spiro atoms. The Kier molecular flexibility index (Phi) is 11.4. The second kappa shape index (κ2) is 14.5. The standard InChI is InChI=1S/C26H34Cl2N4O8/c1-16(33)29-22(11-24(35)36)25(37)40-15-19-14-31(23(34)10-17-5-6-20(27)21(28)9-17)18(12-30-7-3-4-8-30)13-32(19)26(38)39-2/h5-6,9,18-19,22H,3-4,7-8,10-15H2,1-2H3,(H,29,33)(H,35,36)/t18?,19-,22?/m0/s1. The number of carboxylic acids is 1. The fraction of sp³-hybridized carbons (Fsp3) is 0.577. The molecule has 0 aliphatic carbocycles. The average molecular weight is 601 g/mol. The lowest BCUT2D eigenvalue weighted by molar-refractivity contribution is -0.154. The number of benzene rings is 1. The Morgan fingerprint density at radius 1 is 1.05 bits per heavy atom. The van der Waals surface area contributed by atoms with Gasteiger partial charge in [-0.3, -0.25) is 19.3 Å².